The average Bonchev–Trinajstić information content (AvgIpc) is 2.12. The maximum absolute atomic E-state index is 12.9. The number of alkyl halides is 1. The molecule has 1 aromatic carbocycles. The topological polar surface area (TPSA) is 20.2 Å². The van der Waals surface area contributed by atoms with Crippen molar-refractivity contribution in [2.75, 3.05) is 6.67 Å². The highest BCUT2D eigenvalue weighted by Crippen LogP contribution is 2.41. The van der Waals surface area contributed by atoms with E-state index in [2.05, 4.69) is 0 Å². The predicted molar refractivity (Wildman–Crippen MR) is 54.2 cm³/mol. The van der Waals surface area contributed by atoms with Gasteiger partial charge in [0.2, 0.25) is 0 Å². The van der Waals surface area contributed by atoms with E-state index in [0.29, 0.717) is 5.92 Å². The molecule has 0 saturated heterocycles. The minimum atomic E-state index is -0.359. The number of phenolic OH excluding ortho intramolecular Hbond substituents is 1. The van der Waals surface area contributed by atoms with Crippen LogP contribution in [0.25, 0.3) is 0 Å². The van der Waals surface area contributed by atoms with Gasteiger partial charge in [0, 0.05) is 5.92 Å². The Balaban J connectivity index is 2.22. The molecule has 0 heterocycles. The van der Waals surface area contributed by atoms with E-state index in [1.165, 1.54) is 6.42 Å². The molecular formula is C12H15FO. The molecule has 76 valence electrons. The number of hydrogen-bond acceptors (Lipinski definition) is 1. The summed E-state index contributed by atoms with van der Waals surface area (Å²) in [5, 5.41) is 9.61. The van der Waals surface area contributed by atoms with E-state index < -0.39 is 0 Å². The van der Waals surface area contributed by atoms with Gasteiger partial charge in [0.05, 0.1) is 6.67 Å². The third-order valence-corrected chi connectivity index (χ3v) is 3.22. The maximum Gasteiger partial charge on any atom is 0.119 e. The lowest BCUT2D eigenvalue weighted by atomic mass is 9.73. The van der Waals surface area contributed by atoms with Crippen molar-refractivity contribution in [1.29, 1.82) is 0 Å². The van der Waals surface area contributed by atoms with Gasteiger partial charge in [-0.15, -0.1) is 0 Å². The molecule has 0 spiro atoms. The van der Waals surface area contributed by atoms with E-state index in [4.69, 9.17) is 0 Å². The third kappa shape index (κ3) is 1.61. The molecule has 1 saturated carbocycles. The lowest BCUT2D eigenvalue weighted by molar-refractivity contribution is 0.223. The summed E-state index contributed by atoms with van der Waals surface area (Å²) in [4.78, 5) is 0. The molecule has 0 amide bonds. The number of benzene rings is 1. The van der Waals surface area contributed by atoms with Crippen molar-refractivity contribution in [2.45, 2.75) is 25.2 Å². The fourth-order valence-electron chi connectivity index (χ4n) is 2.11. The molecule has 0 aromatic heterocycles. The second kappa shape index (κ2) is 3.99. The van der Waals surface area contributed by atoms with Gasteiger partial charge >= 0.3 is 0 Å². The van der Waals surface area contributed by atoms with Crippen LogP contribution in [0.4, 0.5) is 4.39 Å². The van der Waals surface area contributed by atoms with E-state index in [1.54, 1.807) is 12.1 Å². The average molecular weight is 194 g/mol. The van der Waals surface area contributed by atoms with Crippen LogP contribution in [0, 0.1) is 5.92 Å². The van der Waals surface area contributed by atoms with Gasteiger partial charge in [-0.1, -0.05) is 24.6 Å². The highest BCUT2D eigenvalue weighted by Gasteiger charge is 2.29. The van der Waals surface area contributed by atoms with E-state index >= 15 is 0 Å². The molecule has 0 bridgehead atoms. The molecule has 1 unspecified atom stereocenters. The summed E-state index contributed by atoms with van der Waals surface area (Å²) >= 11 is 0. The first-order valence-electron chi connectivity index (χ1n) is 5.16. The summed E-state index contributed by atoms with van der Waals surface area (Å²) in [7, 11) is 0. The van der Waals surface area contributed by atoms with Crippen molar-refractivity contribution in [3.63, 3.8) is 0 Å². The Bertz CT molecular complexity index is 307. The number of phenols is 1. The number of halogens is 1. The minimum absolute atomic E-state index is 0.0926. The van der Waals surface area contributed by atoms with E-state index in [1.807, 2.05) is 12.1 Å². The van der Waals surface area contributed by atoms with Gasteiger partial charge in [-0.2, -0.15) is 0 Å². The smallest absolute Gasteiger partial charge is 0.119 e. The highest BCUT2D eigenvalue weighted by atomic mass is 19.1. The lowest BCUT2D eigenvalue weighted by Gasteiger charge is -2.32. The van der Waals surface area contributed by atoms with Crippen molar-refractivity contribution in [2.24, 2.45) is 5.92 Å². The second-order valence-electron chi connectivity index (χ2n) is 4.01. The maximum atomic E-state index is 12.9. The summed E-state index contributed by atoms with van der Waals surface area (Å²) in [5.74, 6) is 0.584. The van der Waals surface area contributed by atoms with Crippen molar-refractivity contribution in [3.8, 4) is 5.75 Å². The molecule has 0 aliphatic heterocycles. The van der Waals surface area contributed by atoms with Crippen molar-refractivity contribution < 1.29 is 9.50 Å². The van der Waals surface area contributed by atoms with Crippen LogP contribution in [0.1, 0.15) is 30.7 Å². The summed E-state index contributed by atoms with van der Waals surface area (Å²) < 4.78 is 12.9. The SMILES string of the molecule is Oc1ccccc1C(CF)C1CCC1. The van der Waals surface area contributed by atoms with E-state index in [0.717, 1.165) is 18.4 Å². The monoisotopic (exact) mass is 194 g/mol. The highest BCUT2D eigenvalue weighted by molar-refractivity contribution is 5.35. The zero-order chi connectivity index (χ0) is 9.97. The molecule has 1 atom stereocenters. The third-order valence-electron chi connectivity index (χ3n) is 3.22. The van der Waals surface area contributed by atoms with Gasteiger partial charge in [-0.3, -0.25) is 4.39 Å². The number of para-hydroxylation sites is 1. The zero-order valence-corrected chi connectivity index (χ0v) is 8.12. The van der Waals surface area contributed by atoms with Gasteiger partial charge in [-0.05, 0) is 30.4 Å². The Morgan fingerprint density at radius 3 is 2.57 bits per heavy atom. The van der Waals surface area contributed by atoms with Crippen LogP contribution in [0.3, 0.4) is 0 Å². The summed E-state index contributed by atoms with van der Waals surface area (Å²) in [6.07, 6.45) is 3.40. The summed E-state index contributed by atoms with van der Waals surface area (Å²) in [6.45, 7) is -0.359. The Kier molecular flexibility index (Phi) is 2.71. The quantitative estimate of drug-likeness (QED) is 0.783. The van der Waals surface area contributed by atoms with Crippen molar-refractivity contribution in [1.82, 2.24) is 0 Å². The van der Waals surface area contributed by atoms with Gasteiger partial charge in [0.15, 0.2) is 0 Å². The number of hydrogen-bond donors (Lipinski definition) is 1. The molecule has 1 aliphatic rings. The first kappa shape index (κ1) is 9.50. The lowest BCUT2D eigenvalue weighted by Crippen LogP contribution is -2.21. The van der Waals surface area contributed by atoms with Crippen LogP contribution in [0.15, 0.2) is 24.3 Å². The van der Waals surface area contributed by atoms with Crippen molar-refractivity contribution >= 4 is 0 Å². The Morgan fingerprint density at radius 2 is 2.07 bits per heavy atom. The van der Waals surface area contributed by atoms with Gasteiger partial charge < -0.3 is 5.11 Å². The van der Waals surface area contributed by atoms with Crippen LogP contribution in [0.5, 0.6) is 5.75 Å². The summed E-state index contributed by atoms with van der Waals surface area (Å²) in [6, 6.07) is 7.10. The molecule has 0 radical (unpaired) electrons. The molecule has 1 aromatic rings. The summed E-state index contributed by atoms with van der Waals surface area (Å²) in [5.41, 5.74) is 0.778. The van der Waals surface area contributed by atoms with Crippen LogP contribution >= 0.6 is 0 Å². The van der Waals surface area contributed by atoms with Crippen LogP contribution in [0.2, 0.25) is 0 Å². The standard InChI is InChI=1S/C12H15FO/c13-8-11(9-4-3-5-9)10-6-1-2-7-12(10)14/h1-2,6-7,9,11,14H,3-5,8H2. The normalized spacial score (nSPS) is 18.9. The molecule has 1 fully saturated rings. The fraction of sp³-hybridized carbons (Fsp3) is 0.500. The van der Waals surface area contributed by atoms with Crippen LogP contribution in [-0.4, -0.2) is 11.8 Å². The minimum Gasteiger partial charge on any atom is -0.508 e. The van der Waals surface area contributed by atoms with Crippen LogP contribution < -0.4 is 0 Å². The molecule has 1 aliphatic carbocycles. The Morgan fingerprint density at radius 1 is 1.36 bits per heavy atom. The molecule has 2 heteroatoms. The molecule has 14 heavy (non-hydrogen) atoms. The van der Waals surface area contributed by atoms with Gasteiger partial charge in [0.25, 0.3) is 0 Å². The molecule has 2 rings (SSSR count). The van der Waals surface area contributed by atoms with Gasteiger partial charge in [-0.25, -0.2) is 0 Å². The van der Waals surface area contributed by atoms with Crippen LogP contribution in [-0.2, 0) is 0 Å². The van der Waals surface area contributed by atoms with Crippen molar-refractivity contribution in [3.05, 3.63) is 29.8 Å². The molecular weight excluding hydrogens is 179 g/mol. The molecule has 1 N–H and O–H groups in total. The van der Waals surface area contributed by atoms with E-state index in [9.17, 15) is 9.50 Å². The largest absolute Gasteiger partial charge is 0.508 e. The van der Waals surface area contributed by atoms with E-state index in [-0.39, 0.29) is 18.3 Å². The number of aromatic hydroxyl groups is 1. The zero-order valence-electron chi connectivity index (χ0n) is 8.12. The predicted octanol–water partition coefficient (Wildman–Crippen LogP) is 3.25. The second-order valence-corrected chi connectivity index (χ2v) is 4.01. The fourth-order valence-corrected chi connectivity index (χ4v) is 2.11. The first-order chi connectivity index (χ1) is 6.83. The Hall–Kier alpha value is -1.05. The Labute approximate surface area is 83.6 Å². The first-order valence-corrected chi connectivity index (χ1v) is 5.16. The number of rotatable bonds is 3. The molecule has 1 nitrogen and oxygen atoms in total. The van der Waals surface area contributed by atoms with Gasteiger partial charge in [0.1, 0.15) is 5.75 Å².